The molecule has 27 heavy (non-hydrogen) atoms. The first-order valence-corrected chi connectivity index (χ1v) is 9.41. The largest absolute Gasteiger partial charge is 0.355 e. The fraction of sp³-hybridized carbons (Fsp3) is 0.474. The van der Waals surface area contributed by atoms with E-state index in [1.807, 2.05) is 33.7 Å². The van der Waals surface area contributed by atoms with Gasteiger partial charge < -0.3 is 20.1 Å². The summed E-state index contributed by atoms with van der Waals surface area (Å²) in [6.45, 7) is 5.08. The van der Waals surface area contributed by atoms with E-state index in [1.165, 1.54) is 0 Å². The maximum absolute atomic E-state index is 11.8. The molecule has 1 aromatic carbocycles. The van der Waals surface area contributed by atoms with Crippen LogP contribution in [0.15, 0.2) is 35.6 Å². The first kappa shape index (κ1) is 18.9. The second-order valence-corrected chi connectivity index (χ2v) is 6.46. The summed E-state index contributed by atoms with van der Waals surface area (Å²) in [5.74, 6) is 1.95. The molecule has 0 aliphatic carbocycles. The number of anilines is 1. The molecule has 0 atom stereocenters. The van der Waals surface area contributed by atoms with E-state index in [2.05, 4.69) is 32.7 Å². The van der Waals surface area contributed by atoms with Crippen molar-refractivity contribution >= 4 is 17.6 Å². The average molecular weight is 369 g/mol. The highest BCUT2D eigenvalue weighted by Crippen LogP contribution is 2.21. The normalized spacial score (nSPS) is 14.7. The second kappa shape index (κ2) is 9.16. The summed E-state index contributed by atoms with van der Waals surface area (Å²) in [7, 11) is 1.76. The van der Waals surface area contributed by atoms with E-state index in [1.54, 1.807) is 13.4 Å². The maximum atomic E-state index is 11.8. The fourth-order valence-corrected chi connectivity index (χ4v) is 3.16. The highest BCUT2D eigenvalue weighted by molar-refractivity contribution is 5.95. The van der Waals surface area contributed by atoms with E-state index in [0.717, 1.165) is 55.5 Å². The first-order chi connectivity index (χ1) is 13.2. The standard InChI is InChI=1S/C19H27N7O/c1-3-17-24-23-14-25(17)12-10-21-19(20-2)22-13-15-6-8-16(9-7-15)26-11-4-5-18(26)27/h6-9,14H,3-5,10-13H2,1-2H3,(H2,20,21,22). The van der Waals surface area contributed by atoms with Gasteiger partial charge in [-0.25, -0.2) is 0 Å². The molecule has 1 saturated heterocycles. The minimum atomic E-state index is 0.213. The molecule has 1 amide bonds. The molecule has 0 unspecified atom stereocenters. The molecule has 1 fully saturated rings. The highest BCUT2D eigenvalue weighted by Gasteiger charge is 2.21. The fourth-order valence-electron chi connectivity index (χ4n) is 3.16. The summed E-state index contributed by atoms with van der Waals surface area (Å²) < 4.78 is 2.04. The summed E-state index contributed by atoms with van der Waals surface area (Å²) in [6.07, 6.45) is 4.22. The van der Waals surface area contributed by atoms with E-state index >= 15 is 0 Å². The van der Waals surface area contributed by atoms with Gasteiger partial charge in [-0.15, -0.1) is 10.2 Å². The van der Waals surface area contributed by atoms with Crippen molar-refractivity contribution in [2.75, 3.05) is 25.0 Å². The Morgan fingerprint density at radius 2 is 2.07 bits per heavy atom. The number of hydrogen-bond acceptors (Lipinski definition) is 4. The predicted molar refractivity (Wildman–Crippen MR) is 106 cm³/mol. The minimum Gasteiger partial charge on any atom is -0.355 e. The van der Waals surface area contributed by atoms with Crippen molar-refractivity contribution in [2.45, 2.75) is 39.3 Å². The molecule has 144 valence electrons. The van der Waals surface area contributed by atoms with Crippen molar-refractivity contribution in [2.24, 2.45) is 4.99 Å². The number of nitrogens with zero attached hydrogens (tertiary/aromatic N) is 5. The van der Waals surface area contributed by atoms with Crippen molar-refractivity contribution in [3.05, 3.63) is 42.0 Å². The van der Waals surface area contributed by atoms with Crippen molar-refractivity contribution in [1.29, 1.82) is 0 Å². The zero-order valence-electron chi connectivity index (χ0n) is 16.0. The molecule has 1 aromatic heterocycles. The first-order valence-electron chi connectivity index (χ1n) is 9.41. The topological polar surface area (TPSA) is 87.4 Å². The van der Waals surface area contributed by atoms with Crippen LogP contribution in [0.2, 0.25) is 0 Å². The molecule has 2 heterocycles. The van der Waals surface area contributed by atoms with Crippen LogP contribution in [-0.2, 0) is 24.3 Å². The number of hydrogen-bond donors (Lipinski definition) is 2. The Morgan fingerprint density at radius 1 is 1.26 bits per heavy atom. The molecule has 1 aliphatic heterocycles. The van der Waals surface area contributed by atoms with Crippen molar-refractivity contribution in [3.63, 3.8) is 0 Å². The lowest BCUT2D eigenvalue weighted by Crippen LogP contribution is -2.38. The Balaban J connectivity index is 1.45. The Kier molecular flexibility index (Phi) is 6.40. The summed E-state index contributed by atoms with van der Waals surface area (Å²) >= 11 is 0. The van der Waals surface area contributed by atoms with Gasteiger partial charge in [0.15, 0.2) is 5.96 Å². The lowest BCUT2D eigenvalue weighted by atomic mass is 10.2. The number of carbonyl (C=O) groups is 1. The Morgan fingerprint density at radius 3 is 2.74 bits per heavy atom. The third kappa shape index (κ3) is 4.84. The molecule has 2 aromatic rings. The van der Waals surface area contributed by atoms with Gasteiger partial charge >= 0.3 is 0 Å². The highest BCUT2D eigenvalue weighted by atomic mass is 16.2. The summed E-state index contributed by atoms with van der Waals surface area (Å²) in [4.78, 5) is 17.9. The van der Waals surface area contributed by atoms with Crippen LogP contribution >= 0.6 is 0 Å². The Labute approximate surface area is 159 Å². The zero-order valence-corrected chi connectivity index (χ0v) is 16.0. The van der Waals surface area contributed by atoms with E-state index in [4.69, 9.17) is 0 Å². The van der Waals surface area contributed by atoms with Crippen molar-refractivity contribution < 1.29 is 4.79 Å². The maximum Gasteiger partial charge on any atom is 0.227 e. The summed E-state index contributed by atoms with van der Waals surface area (Å²) in [5.41, 5.74) is 2.12. The van der Waals surface area contributed by atoms with Gasteiger partial charge in [-0.2, -0.15) is 0 Å². The van der Waals surface area contributed by atoms with Gasteiger partial charge in [0.25, 0.3) is 0 Å². The van der Waals surface area contributed by atoms with E-state index < -0.39 is 0 Å². The van der Waals surface area contributed by atoms with Crippen LogP contribution in [0, 0.1) is 0 Å². The monoisotopic (exact) mass is 369 g/mol. The smallest absolute Gasteiger partial charge is 0.227 e. The molecular formula is C19H27N7O. The number of rotatable bonds is 7. The van der Waals surface area contributed by atoms with Crippen LogP contribution in [0.1, 0.15) is 31.2 Å². The Bertz CT molecular complexity index is 782. The van der Waals surface area contributed by atoms with E-state index in [9.17, 15) is 4.79 Å². The van der Waals surface area contributed by atoms with Gasteiger partial charge in [0.05, 0.1) is 0 Å². The third-order valence-corrected chi connectivity index (χ3v) is 4.66. The zero-order chi connectivity index (χ0) is 19.1. The number of nitrogens with one attached hydrogen (secondary N) is 2. The van der Waals surface area contributed by atoms with E-state index in [-0.39, 0.29) is 5.91 Å². The molecule has 0 spiro atoms. The lowest BCUT2D eigenvalue weighted by Gasteiger charge is -2.16. The molecular weight excluding hydrogens is 342 g/mol. The predicted octanol–water partition coefficient (Wildman–Crippen LogP) is 1.33. The van der Waals surface area contributed by atoms with Crippen molar-refractivity contribution in [3.8, 4) is 0 Å². The van der Waals surface area contributed by atoms with Crippen LogP contribution in [0.3, 0.4) is 0 Å². The number of aromatic nitrogens is 3. The van der Waals surface area contributed by atoms with Crippen LogP contribution in [0.25, 0.3) is 0 Å². The van der Waals surface area contributed by atoms with Gasteiger partial charge in [0.2, 0.25) is 5.91 Å². The van der Waals surface area contributed by atoms with Gasteiger partial charge in [0.1, 0.15) is 12.2 Å². The minimum absolute atomic E-state index is 0.213. The van der Waals surface area contributed by atoms with Crippen LogP contribution in [0.5, 0.6) is 0 Å². The average Bonchev–Trinajstić information content (AvgIpc) is 3.33. The summed E-state index contributed by atoms with van der Waals surface area (Å²) in [6, 6.07) is 8.11. The van der Waals surface area contributed by atoms with Crippen LogP contribution in [0.4, 0.5) is 5.69 Å². The van der Waals surface area contributed by atoms with Gasteiger partial charge in [0, 0.05) is 51.8 Å². The van der Waals surface area contributed by atoms with Crippen molar-refractivity contribution in [1.82, 2.24) is 25.4 Å². The molecule has 8 nitrogen and oxygen atoms in total. The third-order valence-electron chi connectivity index (χ3n) is 4.66. The quantitative estimate of drug-likeness (QED) is 0.568. The van der Waals surface area contributed by atoms with Gasteiger partial charge in [-0.05, 0) is 24.1 Å². The van der Waals surface area contributed by atoms with Crippen LogP contribution in [-0.4, -0.2) is 46.8 Å². The van der Waals surface area contributed by atoms with Gasteiger partial charge in [-0.3, -0.25) is 9.79 Å². The van der Waals surface area contributed by atoms with Crippen LogP contribution < -0.4 is 15.5 Å². The number of guanidine groups is 1. The SMILES string of the molecule is CCc1nncn1CCNC(=NC)NCc1ccc(N2CCCC2=O)cc1. The summed E-state index contributed by atoms with van der Waals surface area (Å²) in [5, 5.41) is 14.6. The lowest BCUT2D eigenvalue weighted by molar-refractivity contribution is -0.117. The molecule has 3 rings (SSSR count). The van der Waals surface area contributed by atoms with E-state index in [0.29, 0.717) is 13.0 Å². The number of amides is 1. The Hall–Kier alpha value is -2.90. The molecule has 8 heteroatoms. The molecule has 0 bridgehead atoms. The molecule has 0 saturated carbocycles. The number of carbonyl (C=O) groups excluding carboxylic acids is 1. The number of benzene rings is 1. The molecule has 0 radical (unpaired) electrons. The number of aryl methyl sites for hydroxylation is 1. The molecule has 2 N–H and O–H groups in total. The number of aliphatic imine (C=N–C) groups is 1. The molecule has 1 aliphatic rings. The van der Waals surface area contributed by atoms with Gasteiger partial charge in [-0.1, -0.05) is 19.1 Å². The second-order valence-electron chi connectivity index (χ2n) is 6.46.